The first-order chi connectivity index (χ1) is 9.72. The second kappa shape index (κ2) is 4.58. The summed E-state index contributed by atoms with van der Waals surface area (Å²) in [5.41, 5.74) is 8.66. The van der Waals surface area contributed by atoms with Gasteiger partial charge in [0.05, 0.1) is 6.04 Å². The van der Waals surface area contributed by atoms with E-state index in [0.29, 0.717) is 6.04 Å². The lowest BCUT2D eigenvalue weighted by Crippen LogP contribution is -2.63. The Kier molecular flexibility index (Phi) is 2.84. The second-order valence-corrected chi connectivity index (χ2v) is 6.07. The first-order valence-electron chi connectivity index (χ1n) is 7.43. The van der Waals surface area contributed by atoms with Crippen LogP contribution in [-0.2, 0) is 0 Å². The molecule has 0 amide bonds. The molecule has 0 saturated carbocycles. The third kappa shape index (κ3) is 1.87. The van der Waals surface area contributed by atoms with Crippen LogP contribution >= 0.6 is 0 Å². The van der Waals surface area contributed by atoms with Crippen LogP contribution in [0.15, 0.2) is 28.7 Å². The molecule has 1 aromatic carbocycles. The summed E-state index contributed by atoms with van der Waals surface area (Å²) >= 11 is 0. The number of hydrogen-bond acceptors (Lipinski definition) is 4. The van der Waals surface area contributed by atoms with Crippen molar-refractivity contribution in [1.29, 1.82) is 0 Å². The minimum Gasteiger partial charge on any atom is -0.459 e. The summed E-state index contributed by atoms with van der Waals surface area (Å²) in [6, 6.07) is 8.72. The molecule has 3 saturated heterocycles. The van der Waals surface area contributed by atoms with Crippen molar-refractivity contribution >= 4 is 11.0 Å². The number of rotatable bonds is 2. The number of fused-ring (bicyclic) bond motifs is 4. The zero-order chi connectivity index (χ0) is 13.7. The van der Waals surface area contributed by atoms with E-state index < -0.39 is 0 Å². The molecular formula is C16H21N3O. The number of aryl methyl sites for hydroxylation is 1. The number of piperazine rings is 3. The average molecular weight is 271 g/mol. The largest absolute Gasteiger partial charge is 0.459 e. The smallest absolute Gasteiger partial charge is 0.137 e. The van der Waals surface area contributed by atoms with Gasteiger partial charge in [0.1, 0.15) is 11.3 Å². The zero-order valence-corrected chi connectivity index (χ0v) is 11.9. The molecule has 106 valence electrons. The fourth-order valence-electron chi connectivity index (χ4n) is 3.58. The fraction of sp³-hybridized carbons (Fsp3) is 0.500. The molecule has 2 aromatic rings. The van der Waals surface area contributed by atoms with E-state index in [0.717, 1.165) is 36.4 Å². The molecular weight excluding hydrogens is 250 g/mol. The lowest BCUT2D eigenvalue weighted by atomic mass is 9.99. The molecule has 4 heteroatoms. The number of nitrogens with two attached hydrogens (primary N) is 1. The molecule has 5 rings (SSSR count). The van der Waals surface area contributed by atoms with Gasteiger partial charge in [-0.1, -0.05) is 18.2 Å². The van der Waals surface area contributed by atoms with Gasteiger partial charge in [-0.05, 0) is 18.6 Å². The molecule has 2 N–H and O–H groups in total. The summed E-state index contributed by atoms with van der Waals surface area (Å²) in [4.78, 5) is 5.03. The monoisotopic (exact) mass is 271 g/mol. The van der Waals surface area contributed by atoms with E-state index in [-0.39, 0.29) is 6.04 Å². The van der Waals surface area contributed by atoms with Crippen molar-refractivity contribution in [3.63, 3.8) is 0 Å². The van der Waals surface area contributed by atoms with Crippen molar-refractivity contribution < 1.29 is 4.42 Å². The maximum absolute atomic E-state index is 6.51. The molecule has 2 bridgehead atoms. The maximum Gasteiger partial charge on any atom is 0.137 e. The Labute approximate surface area is 119 Å². The summed E-state index contributed by atoms with van der Waals surface area (Å²) in [5, 5.41) is 1.16. The minimum absolute atomic E-state index is 0.0371. The van der Waals surface area contributed by atoms with Gasteiger partial charge in [-0.25, -0.2) is 0 Å². The Hall–Kier alpha value is -1.36. The lowest BCUT2D eigenvalue weighted by Gasteiger charge is -2.49. The SMILES string of the molecule is Cc1cccc2cc(C(N)C3CN4CCN3CC4)oc12. The predicted octanol–water partition coefficient (Wildman–Crippen LogP) is 1.74. The molecule has 0 radical (unpaired) electrons. The molecule has 4 heterocycles. The van der Waals surface area contributed by atoms with E-state index in [9.17, 15) is 0 Å². The molecule has 4 nitrogen and oxygen atoms in total. The van der Waals surface area contributed by atoms with Gasteiger partial charge < -0.3 is 10.2 Å². The van der Waals surface area contributed by atoms with Crippen molar-refractivity contribution in [2.45, 2.75) is 19.0 Å². The molecule has 20 heavy (non-hydrogen) atoms. The minimum atomic E-state index is -0.0371. The number of para-hydroxylation sites is 1. The average Bonchev–Trinajstić information content (AvgIpc) is 2.93. The second-order valence-electron chi connectivity index (χ2n) is 6.07. The first-order valence-corrected chi connectivity index (χ1v) is 7.43. The van der Waals surface area contributed by atoms with E-state index in [4.69, 9.17) is 10.2 Å². The van der Waals surface area contributed by atoms with Crippen molar-refractivity contribution in [1.82, 2.24) is 9.80 Å². The van der Waals surface area contributed by atoms with Gasteiger partial charge in [0.2, 0.25) is 0 Å². The molecule has 0 spiro atoms. The van der Waals surface area contributed by atoms with E-state index in [2.05, 4.69) is 41.0 Å². The van der Waals surface area contributed by atoms with Crippen molar-refractivity contribution in [2.24, 2.45) is 5.73 Å². The summed E-state index contributed by atoms with van der Waals surface area (Å²) in [6.07, 6.45) is 0. The van der Waals surface area contributed by atoms with E-state index >= 15 is 0 Å². The van der Waals surface area contributed by atoms with Gasteiger partial charge in [-0.2, -0.15) is 0 Å². The number of nitrogens with zero attached hydrogens (tertiary/aromatic N) is 2. The van der Waals surface area contributed by atoms with Gasteiger partial charge >= 0.3 is 0 Å². The standard InChI is InChI=1S/C16H21N3O/c1-11-3-2-4-12-9-14(20-16(11)12)15(17)13-10-18-5-7-19(13)8-6-18/h2-4,9,13,15H,5-8,10,17H2,1H3. The van der Waals surface area contributed by atoms with E-state index in [1.54, 1.807) is 0 Å². The lowest BCUT2D eigenvalue weighted by molar-refractivity contribution is -0.000434. The zero-order valence-electron chi connectivity index (χ0n) is 11.9. The highest BCUT2D eigenvalue weighted by atomic mass is 16.3. The van der Waals surface area contributed by atoms with Crippen molar-refractivity contribution in [3.05, 3.63) is 35.6 Å². The van der Waals surface area contributed by atoms with Gasteiger partial charge in [0.25, 0.3) is 0 Å². The summed E-state index contributed by atoms with van der Waals surface area (Å²) in [5.74, 6) is 0.924. The van der Waals surface area contributed by atoms with Gasteiger partial charge in [0, 0.05) is 44.2 Å². The van der Waals surface area contributed by atoms with Crippen LogP contribution in [0.4, 0.5) is 0 Å². The van der Waals surface area contributed by atoms with Gasteiger partial charge in [-0.15, -0.1) is 0 Å². The Morgan fingerprint density at radius 2 is 2.05 bits per heavy atom. The molecule has 1 aromatic heterocycles. The molecule has 3 aliphatic heterocycles. The van der Waals surface area contributed by atoms with Gasteiger partial charge in [-0.3, -0.25) is 9.80 Å². The molecule has 3 fully saturated rings. The number of furan rings is 1. The highest BCUT2D eigenvalue weighted by molar-refractivity contribution is 5.81. The van der Waals surface area contributed by atoms with Crippen LogP contribution in [0.5, 0.6) is 0 Å². The molecule has 2 atom stereocenters. The van der Waals surface area contributed by atoms with E-state index in [1.807, 2.05) is 0 Å². The molecule has 0 aliphatic carbocycles. The third-order valence-electron chi connectivity index (χ3n) is 4.82. The predicted molar refractivity (Wildman–Crippen MR) is 79.7 cm³/mol. The maximum atomic E-state index is 6.51. The Bertz CT molecular complexity index is 628. The van der Waals surface area contributed by atoms with Crippen LogP contribution in [-0.4, -0.2) is 48.6 Å². The van der Waals surface area contributed by atoms with Crippen LogP contribution in [0.3, 0.4) is 0 Å². The van der Waals surface area contributed by atoms with Crippen LogP contribution in [0.25, 0.3) is 11.0 Å². The van der Waals surface area contributed by atoms with Crippen molar-refractivity contribution in [2.75, 3.05) is 32.7 Å². The Balaban J connectivity index is 1.66. The summed E-state index contributed by atoms with van der Waals surface area (Å²) in [6.45, 7) is 7.79. The first kappa shape index (κ1) is 12.4. The van der Waals surface area contributed by atoms with Gasteiger partial charge in [0.15, 0.2) is 0 Å². The topological polar surface area (TPSA) is 45.6 Å². The molecule has 2 unspecified atom stereocenters. The van der Waals surface area contributed by atoms with E-state index in [1.165, 1.54) is 18.7 Å². The van der Waals surface area contributed by atoms with Crippen LogP contribution in [0.1, 0.15) is 17.4 Å². The Morgan fingerprint density at radius 1 is 1.25 bits per heavy atom. The summed E-state index contributed by atoms with van der Waals surface area (Å²) in [7, 11) is 0. The van der Waals surface area contributed by atoms with Crippen molar-refractivity contribution in [3.8, 4) is 0 Å². The van der Waals surface area contributed by atoms with Crippen LogP contribution < -0.4 is 5.73 Å². The highest BCUT2D eigenvalue weighted by Crippen LogP contribution is 2.30. The Morgan fingerprint density at radius 3 is 2.70 bits per heavy atom. The third-order valence-corrected chi connectivity index (χ3v) is 4.82. The number of hydrogen-bond donors (Lipinski definition) is 1. The normalized spacial score (nSPS) is 30.8. The van der Waals surface area contributed by atoms with Crippen LogP contribution in [0.2, 0.25) is 0 Å². The fourth-order valence-corrected chi connectivity index (χ4v) is 3.58. The summed E-state index contributed by atoms with van der Waals surface area (Å²) < 4.78 is 6.05. The highest BCUT2D eigenvalue weighted by Gasteiger charge is 2.37. The van der Waals surface area contributed by atoms with Crippen LogP contribution in [0, 0.1) is 6.92 Å². The quantitative estimate of drug-likeness (QED) is 0.904. The molecule has 3 aliphatic rings. The number of benzene rings is 1.